The second-order valence-electron chi connectivity index (χ2n) is 5.66. The first-order valence-corrected chi connectivity index (χ1v) is 8.38. The fraction of sp³-hybridized carbons (Fsp3) is 0.300. The highest BCUT2D eigenvalue weighted by Gasteiger charge is 2.05. The molecule has 0 unspecified atom stereocenters. The van der Waals surface area contributed by atoms with Gasteiger partial charge in [-0.3, -0.25) is 0 Å². The molecule has 0 heterocycles. The summed E-state index contributed by atoms with van der Waals surface area (Å²) in [6.07, 6.45) is 1.35. The lowest BCUT2D eigenvalue weighted by molar-refractivity contribution is 0.121. The second-order valence-corrected chi connectivity index (χ2v) is 5.66. The number of amides is 2. The highest BCUT2D eigenvalue weighted by atomic mass is 16.5. The molecule has 5 nitrogen and oxygen atoms in total. The normalized spacial score (nSPS) is 10.1. The molecule has 25 heavy (non-hydrogen) atoms. The summed E-state index contributed by atoms with van der Waals surface area (Å²) in [4.78, 5) is 12.1. The molecule has 0 aliphatic carbocycles. The number of anilines is 1. The summed E-state index contributed by atoms with van der Waals surface area (Å²) < 4.78 is 5.59. The van der Waals surface area contributed by atoms with Gasteiger partial charge < -0.3 is 15.4 Å². The van der Waals surface area contributed by atoms with Gasteiger partial charge in [-0.25, -0.2) is 4.79 Å². The van der Waals surface area contributed by atoms with Gasteiger partial charge in [-0.05, 0) is 35.2 Å². The molecule has 0 atom stereocenters. The minimum atomic E-state index is -0.266. The van der Waals surface area contributed by atoms with E-state index in [4.69, 9.17) is 10.00 Å². The van der Waals surface area contributed by atoms with E-state index in [2.05, 4.69) is 23.6 Å². The molecule has 2 N–H and O–H groups in total. The molecule has 2 amide bonds. The fourth-order valence-electron chi connectivity index (χ4n) is 2.35. The third-order valence-electron chi connectivity index (χ3n) is 3.66. The molecular formula is C20H23N3O2. The molecule has 0 radical (unpaired) electrons. The molecule has 0 saturated carbocycles. The number of nitrogens with one attached hydrogen (secondary N) is 2. The van der Waals surface area contributed by atoms with E-state index in [9.17, 15) is 4.79 Å². The Labute approximate surface area is 148 Å². The smallest absolute Gasteiger partial charge is 0.319 e. The van der Waals surface area contributed by atoms with E-state index >= 15 is 0 Å². The lowest BCUT2D eigenvalue weighted by atomic mass is 10.1. The van der Waals surface area contributed by atoms with Gasteiger partial charge >= 0.3 is 6.03 Å². The fourth-order valence-corrected chi connectivity index (χ4v) is 2.35. The molecule has 0 fully saturated rings. The first-order chi connectivity index (χ1) is 12.2. The summed E-state index contributed by atoms with van der Waals surface area (Å²) in [7, 11) is 0. The van der Waals surface area contributed by atoms with Gasteiger partial charge in [-0.2, -0.15) is 5.26 Å². The lowest BCUT2D eigenvalue weighted by Gasteiger charge is -2.12. The standard InChI is InChI=1S/C20H23N3O2/c1-2-13-25-15-18-6-4-3-5-17(18)14-22-20(24)23-19-9-7-16(8-10-19)11-12-21/h3-10H,2,11,13-15H2,1H3,(H2,22,23,24). The van der Waals surface area contributed by atoms with Crippen molar-refractivity contribution in [3.05, 3.63) is 65.2 Å². The number of hydrogen-bond donors (Lipinski definition) is 2. The zero-order valence-electron chi connectivity index (χ0n) is 14.4. The lowest BCUT2D eigenvalue weighted by Crippen LogP contribution is -2.28. The Balaban J connectivity index is 1.86. The third-order valence-corrected chi connectivity index (χ3v) is 3.66. The first kappa shape index (κ1) is 18.5. The van der Waals surface area contributed by atoms with Gasteiger partial charge in [0.15, 0.2) is 0 Å². The van der Waals surface area contributed by atoms with Crippen molar-refractivity contribution >= 4 is 11.7 Å². The zero-order valence-corrected chi connectivity index (χ0v) is 14.4. The van der Waals surface area contributed by atoms with E-state index in [0.717, 1.165) is 29.7 Å². The minimum Gasteiger partial charge on any atom is -0.377 e. The van der Waals surface area contributed by atoms with E-state index in [1.165, 1.54) is 0 Å². The molecule has 2 rings (SSSR count). The Morgan fingerprint density at radius 2 is 1.84 bits per heavy atom. The maximum absolute atomic E-state index is 12.1. The Bertz CT molecular complexity index is 720. The molecule has 0 saturated heterocycles. The van der Waals surface area contributed by atoms with Crippen LogP contribution in [0.4, 0.5) is 10.5 Å². The molecular weight excluding hydrogens is 314 g/mol. The number of carbonyl (C=O) groups is 1. The van der Waals surface area contributed by atoms with E-state index in [1.54, 1.807) is 12.1 Å². The van der Waals surface area contributed by atoms with Gasteiger partial charge in [-0.15, -0.1) is 0 Å². The van der Waals surface area contributed by atoms with Crippen LogP contribution >= 0.6 is 0 Å². The maximum atomic E-state index is 12.1. The second kappa shape index (κ2) is 10.1. The van der Waals surface area contributed by atoms with Crippen LogP contribution in [-0.4, -0.2) is 12.6 Å². The summed E-state index contributed by atoms with van der Waals surface area (Å²) in [6.45, 7) is 3.78. The van der Waals surface area contributed by atoms with Gasteiger partial charge in [0.05, 0.1) is 19.1 Å². The predicted octanol–water partition coefficient (Wildman–Crippen LogP) is 4.00. The summed E-state index contributed by atoms with van der Waals surface area (Å²) in [5.41, 5.74) is 3.74. The highest BCUT2D eigenvalue weighted by Crippen LogP contribution is 2.12. The quantitative estimate of drug-likeness (QED) is 0.715. The van der Waals surface area contributed by atoms with Crippen LogP contribution in [0.2, 0.25) is 0 Å². The van der Waals surface area contributed by atoms with Crippen molar-refractivity contribution in [3.63, 3.8) is 0 Å². The van der Waals surface area contributed by atoms with Crippen LogP contribution in [-0.2, 0) is 24.3 Å². The highest BCUT2D eigenvalue weighted by molar-refractivity contribution is 5.89. The maximum Gasteiger partial charge on any atom is 0.319 e. The van der Waals surface area contributed by atoms with Crippen LogP contribution < -0.4 is 10.6 Å². The number of nitrogens with zero attached hydrogens (tertiary/aromatic N) is 1. The zero-order chi connectivity index (χ0) is 17.9. The van der Waals surface area contributed by atoms with Crippen molar-refractivity contribution in [3.8, 4) is 6.07 Å². The van der Waals surface area contributed by atoms with Crippen LogP contribution in [0.5, 0.6) is 0 Å². The number of rotatable bonds is 8. The van der Waals surface area contributed by atoms with Crippen LogP contribution in [0, 0.1) is 11.3 Å². The van der Waals surface area contributed by atoms with Gasteiger partial charge in [0.1, 0.15) is 0 Å². The first-order valence-electron chi connectivity index (χ1n) is 8.38. The summed E-state index contributed by atoms with van der Waals surface area (Å²) in [5, 5.41) is 14.3. The predicted molar refractivity (Wildman–Crippen MR) is 98.0 cm³/mol. The molecule has 0 aliphatic heterocycles. The Morgan fingerprint density at radius 1 is 1.12 bits per heavy atom. The number of carbonyl (C=O) groups excluding carboxylic acids is 1. The largest absolute Gasteiger partial charge is 0.377 e. The van der Waals surface area contributed by atoms with Gasteiger partial charge in [0.2, 0.25) is 0 Å². The molecule has 0 aliphatic rings. The monoisotopic (exact) mass is 337 g/mol. The number of benzene rings is 2. The molecule has 2 aromatic rings. The van der Waals surface area contributed by atoms with Gasteiger partial charge in [-0.1, -0.05) is 43.3 Å². The van der Waals surface area contributed by atoms with Crippen molar-refractivity contribution < 1.29 is 9.53 Å². The third kappa shape index (κ3) is 6.28. The summed E-state index contributed by atoms with van der Waals surface area (Å²) >= 11 is 0. The van der Waals surface area contributed by atoms with Crippen LogP contribution in [0.3, 0.4) is 0 Å². The molecule has 130 valence electrons. The van der Waals surface area contributed by atoms with E-state index in [-0.39, 0.29) is 6.03 Å². The molecule has 5 heteroatoms. The Kier molecular flexibility index (Phi) is 7.48. The number of nitriles is 1. The van der Waals surface area contributed by atoms with E-state index in [0.29, 0.717) is 25.3 Å². The summed E-state index contributed by atoms with van der Waals surface area (Å²) in [6, 6.07) is 17.0. The molecule has 0 spiro atoms. The van der Waals surface area contributed by atoms with Gasteiger partial charge in [0.25, 0.3) is 0 Å². The Hall–Kier alpha value is -2.84. The van der Waals surface area contributed by atoms with Crippen LogP contribution in [0.1, 0.15) is 30.0 Å². The number of ether oxygens (including phenoxy) is 1. The average Bonchev–Trinajstić information content (AvgIpc) is 2.63. The van der Waals surface area contributed by atoms with E-state index in [1.807, 2.05) is 36.4 Å². The number of urea groups is 1. The van der Waals surface area contributed by atoms with E-state index < -0.39 is 0 Å². The average molecular weight is 337 g/mol. The van der Waals surface area contributed by atoms with Crippen molar-refractivity contribution in [2.75, 3.05) is 11.9 Å². The van der Waals surface area contributed by atoms with Crippen molar-refractivity contribution in [1.29, 1.82) is 5.26 Å². The minimum absolute atomic E-state index is 0.266. The van der Waals surface area contributed by atoms with Crippen LogP contribution in [0.15, 0.2) is 48.5 Å². The molecule has 0 bridgehead atoms. The Morgan fingerprint density at radius 3 is 2.52 bits per heavy atom. The summed E-state index contributed by atoms with van der Waals surface area (Å²) in [5.74, 6) is 0. The van der Waals surface area contributed by atoms with Crippen molar-refractivity contribution in [2.24, 2.45) is 0 Å². The van der Waals surface area contributed by atoms with Crippen molar-refractivity contribution in [2.45, 2.75) is 32.9 Å². The SMILES string of the molecule is CCCOCc1ccccc1CNC(=O)Nc1ccc(CC#N)cc1. The van der Waals surface area contributed by atoms with Crippen LogP contribution in [0.25, 0.3) is 0 Å². The topological polar surface area (TPSA) is 74.2 Å². The number of hydrogen-bond acceptors (Lipinski definition) is 3. The van der Waals surface area contributed by atoms with Crippen molar-refractivity contribution in [1.82, 2.24) is 5.32 Å². The van der Waals surface area contributed by atoms with Gasteiger partial charge in [0, 0.05) is 18.8 Å². The molecule has 0 aromatic heterocycles. The molecule has 2 aromatic carbocycles.